The zero-order valence-electron chi connectivity index (χ0n) is 6.28. The molecular formula is C6H15NO3. The van der Waals surface area contributed by atoms with Crippen LogP contribution in [0.1, 0.15) is 13.8 Å². The highest BCUT2D eigenvalue weighted by Crippen LogP contribution is 2.05. The summed E-state index contributed by atoms with van der Waals surface area (Å²) in [4.78, 5) is 0. The van der Waals surface area contributed by atoms with Crippen molar-refractivity contribution in [2.45, 2.75) is 26.0 Å². The Labute approximate surface area is 60.5 Å². The van der Waals surface area contributed by atoms with Gasteiger partial charge in [-0.2, -0.15) is 5.48 Å². The van der Waals surface area contributed by atoms with E-state index in [0.29, 0.717) is 0 Å². The first-order chi connectivity index (χ1) is 4.63. The van der Waals surface area contributed by atoms with Gasteiger partial charge in [-0.25, -0.2) is 0 Å². The first-order valence-corrected chi connectivity index (χ1v) is 3.32. The lowest BCUT2D eigenvalue weighted by Crippen LogP contribution is -2.42. The molecule has 0 spiro atoms. The first-order valence-electron chi connectivity index (χ1n) is 3.32. The molecule has 10 heavy (non-hydrogen) atoms. The molecule has 0 fully saturated rings. The van der Waals surface area contributed by atoms with Gasteiger partial charge in [-0.05, 0) is 12.8 Å². The average Bonchev–Trinajstić information content (AvgIpc) is 1.88. The van der Waals surface area contributed by atoms with Gasteiger partial charge in [0.05, 0.1) is 12.1 Å². The standard InChI is InChI=1S/C6H15NO3/c1-4(3-8)6(7-10)5(2)9/h4-10H,3H2,1-2H3. The van der Waals surface area contributed by atoms with Gasteiger partial charge in [0.15, 0.2) is 0 Å². The third-order valence-corrected chi connectivity index (χ3v) is 1.57. The molecule has 3 unspecified atom stereocenters. The summed E-state index contributed by atoms with van der Waals surface area (Å²) in [6.07, 6.45) is -0.660. The van der Waals surface area contributed by atoms with Crippen LogP contribution >= 0.6 is 0 Å². The Balaban J connectivity index is 3.80. The van der Waals surface area contributed by atoms with E-state index in [9.17, 15) is 0 Å². The van der Waals surface area contributed by atoms with Crippen LogP contribution in [-0.2, 0) is 0 Å². The number of rotatable bonds is 4. The van der Waals surface area contributed by atoms with E-state index in [1.165, 1.54) is 0 Å². The van der Waals surface area contributed by atoms with Crippen molar-refractivity contribution < 1.29 is 15.4 Å². The number of hydrogen-bond donors (Lipinski definition) is 4. The molecule has 4 heteroatoms. The van der Waals surface area contributed by atoms with Crippen molar-refractivity contribution in [1.82, 2.24) is 5.48 Å². The lowest BCUT2D eigenvalue weighted by molar-refractivity contribution is 0.0109. The van der Waals surface area contributed by atoms with E-state index in [2.05, 4.69) is 0 Å². The van der Waals surface area contributed by atoms with Gasteiger partial charge in [-0.3, -0.25) is 0 Å². The Bertz CT molecular complexity index is 87.1. The second kappa shape index (κ2) is 4.62. The molecule has 62 valence electrons. The minimum Gasteiger partial charge on any atom is -0.396 e. The number of nitrogens with one attached hydrogen (secondary N) is 1. The summed E-state index contributed by atoms with van der Waals surface area (Å²) in [6, 6.07) is -0.454. The van der Waals surface area contributed by atoms with Crippen molar-refractivity contribution >= 4 is 0 Å². The largest absolute Gasteiger partial charge is 0.396 e. The summed E-state index contributed by atoms with van der Waals surface area (Å²) in [6.45, 7) is 3.24. The predicted molar refractivity (Wildman–Crippen MR) is 36.6 cm³/mol. The number of hydroxylamine groups is 1. The van der Waals surface area contributed by atoms with Gasteiger partial charge in [-0.1, -0.05) is 6.92 Å². The third-order valence-electron chi connectivity index (χ3n) is 1.57. The van der Waals surface area contributed by atoms with Crippen molar-refractivity contribution in [1.29, 1.82) is 0 Å². The van der Waals surface area contributed by atoms with Crippen LogP contribution in [0.4, 0.5) is 0 Å². The Morgan fingerprint density at radius 3 is 2.00 bits per heavy atom. The molecule has 0 aliphatic heterocycles. The molecule has 0 aliphatic carbocycles. The van der Waals surface area contributed by atoms with Gasteiger partial charge in [-0.15, -0.1) is 0 Å². The fourth-order valence-corrected chi connectivity index (χ4v) is 0.824. The molecule has 0 aliphatic rings. The van der Waals surface area contributed by atoms with Crippen molar-refractivity contribution in [3.8, 4) is 0 Å². The monoisotopic (exact) mass is 149 g/mol. The Kier molecular flexibility index (Phi) is 4.55. The van der Waals surface area contributed by atoms with Crippen molar-refractivity contribution in [2.24, 2.45) is 5.92 Å². The maximum Gasteiger partial charge on any atom is 0.0691 e. The fourth-order valence-electron chi connectivity index (χ4n) is 0.824. The van der Waals surface area contributed by atoms with Crippen molar-refractivity contribution in [3.05, 3.63) is 0 Å². The molecule has 0 aromatic carbocycles. The minimum absolute atomic E-state index is 0.0525. The Morgan fingerprint density at radius 1 is 1.40 bits per heavy atom. The molecule has 4 N–H and O–H groups in total. The van der Waals surface area contributed by atoms with Gasteiger partial charge in [0, 0.05) is 6.61 Å². The lowest BCUT2D eigenvalue weighted by atomic mass is 9.99. The highest BCUT2D eigenvalue weighted by Gasteiger charge is 2.20. The van der Waals surface area contributed by atoms with E-state index in [0.717, 1.165) is 0 Å². The fraction of sp³-hybridized carbons (Fsp3) is 1.00. The quantitative estimate of drug-likeness (QED) is 0.400. The molecule has 4 nitrogen and oxygen atoms in total. The SMILES string of the molecule is CC(O)C(NO)C(C)CO. The zero-order valence-corrected chi connectivity index (χ0v) is 6.28. The zero-order chi connectivity index (χ0) is 8.15. The highest BCUT2D eigenvalue weighted by molar-refractivity contribution is 4.73. The van der Waals surface area contributed by atoms with Crippen LogP contribution in [0.2, 0.25) is 0 Å². The molecule has 0 rings (SSSR count). The number of aliphatic hydroxyl groups is 2. The molecule has 0 aromatic heterocycles. The van der Waals surface area contributed by atoms with Crippen LogP contribution in [0, 0.1) is 5.92 Å². The maximum absolute atomic E-state index is 8.98. The van der Waals surface area contributed by atoms with Crippen LogP contribution < -0.4 is 5.48 Å². The highest BCUT2D eigenvalue weighted by atomic mass is 16.5. The summed E-state index contributed by atoms with van der Waals surface area (Å²) in [5.74, 6) is -0.148. The Morgan fingerprint density at radius 2 is 1.90 bits per heavy atom. The van der Waals surface area contributed by atoms with Crippen LogP contribution in [0.25, 0.3) is 0 Å². The average molecular weight is 149 g/mol. The minimum atomic E-state index is -0.660. The normalized spacial score (nSPS) is 20.1. The maximum atomic E-state index is 8.98. The first kappa shape index (κ1) is 9.84. The van der Waals surface area contributed by atoms with E-state index in [1.807, 2.05) is 5.48 Å². The second-order valence-electron chi connectivity index (χ2n) is 2.56. The van der Waals surface area contributed by atoms with Gasteiger partial charge >= 0.3 is 0 Å². The second-order valence-corrected chi connectivity index (χ2v) is 2.56. The Hall–Kier alpha value is -0.160. The summed E-state index contributed by atoms with van der Waals surface area (Å²) in [5.41, 5.74) is 1.94. The van der Waals surface area contributed by atoms with Crippen molar-refractivity contribution in [3.63, 3.8) is 0 Å². The summed E-state index contributed by atoms with van der Waals surface area (Å²) < 4.78 is 0. The lowest BCUT2D eigenvalue weighted by Gasteiger charge is -2.22. The van der Waals surface area contributed by atoms with Crippen LogP contribution in [0.15, 0.2) is 0 Å². The van der Waals surface area contributed by atoms with Crippen LogP contribution in [0.3, 0.4) is 0 Å². The van der Waals surface area contributed by atoms with Crippen molar-refractivity contribution in [2.75, 3.05) is 6.61 Å². The molecular weight excluding hydrogens is 134 g/mol. The van der Waals surface area contributed by atoms with E-state index in [1.54, 1.807) is 13.8 Å². The van der Waals surface area contributed by atoms with Crippen LogP contribution in [0.5, 0.6) is 0 Å². The summed E-state index contributed by atoms with van der Waals surface area (Å²) in [5, 5.41) is 26.1. The summed E-state index contributed by atoms with van der Waals surface area (Å²) >= 11 is 0. The number of aliphatic hydroxyl groups excluding tert-OH is 2. The van der Waals surface area contributed by atoms with Gasteiger partial charge in [0.1, 0.15) is 0 Å². The molecule has 0 heterocycles. The molecule has 3 atom stereocenters. The van der Waals surface area contributed by atoms with Gasteiger partial charge in [0.2, 0.25) is 0 Å². The number of hydrogen-bond acceptors (Lipinski definition) is 4. The topological polar surface area (TPSA) is 72.7 Å². The predicted octanol–water partition coefficient (Wildman–Crippen LogP) is -0.657. The smallest absolute Gasteiger partial charge is 0.0691 e. The van der Waals surface area contributed by atoms with E-state index < -0.39 is 12.1 Å². The van der Waals surface area contributed by atoms with Gasteiger partial charge in [0.25, 0.3) is 0 Å². The molecule has 0 saturated heterocycles. The molecule has 0 radical (unpaired) electrons. The van der Waals surface area contributed by atoms with E-state index in [4.69, 9.17) is 15.4 Å². The van der Waals surface area contributed by atoms with E-state index in [-0.39, 0.29) is 12.5 Å². The third kappa shape index (κ3) is 2.62. The molecule has 0 bridgehead atoms. The summed E-state index contributed by atoms with van der Waals surface area (Å²) in [7, 11) is 0. The van der Waals surface area contributed by atoms with E-state index >= 15 is 0 Å². The molecule has 0 saturated carbocycles. The molecule has 0 aromatic rings. The van der Waals surface area contributed by atoms with Gasteiger partial charge < -0.3 is 15.4 Å². The molecule has 0 amide bonds. The van der Waals surface area contributed by atoms with Crippen LogP contribution in [-0.4, -0.2) is 34.2 Å².